The van der Waals surface area contributed by atoms with E-state index in [1.165, 1.54) is 0 Å². The highest BCUT2D eigenvalue weighted by atomic mass is 16.5. The maximum Gasteiger partial charge on any atom is 0.255 e. The van der Waals surface area contributed by atoms with Gasteiger partial charge in [0.1, 0.15) is 11.4 Å². The van der Waals surface area contributed by atoms with Gasteiger partial charge in [-0.25, -0.2) is 4.98 Å². The average molecular weight is 574 g/mol. The van der Waals surface area contributed by atoms with Gasteiger partial charge in [0, 0.05) is 73.1 Å². The summed E-state index contributed by atoms with van der Waals surface area (Å²) < 4.78 is 7.60. The molecule has 0 radical (unpaired) electrons. The van der Waals surface area contributed by atoms with Crippen LogP contribution in [-0.4, -0.2) is 71.7 Å². The molecular weight excluding hydrogens is 530 g/mol. The summed E-state index contributed by atoms with van der Waals surface area (Å²) in [6.45, 7) is 5.87. The fourth-order valence-corrected chi connectivity index (χ4v) is 6.81. The van der Waals surface area contributed by atoms with Crippen molar-refractivity contribution in [2.75, 3.05) is 50.6 Å². The average Bonchev–Trinajstić information content (AvgIpc) is 3.55. The number of methoxy groups -OCH3 is 1. The summed E-state index contributed by atoms with van der Waals surface area (Å²) in [7, 11) is 3.82. The van der Waals surface area contributed by atoms with Crippen LogP contribution in [0.3, 0.4) is 0 Å². The number of carbonyl (C=O) groups excluding carboxylic acids is 1. The molecule has 3 aliphatic rings. The number of nitrogens with one attached hydrogen (secondary N) is 2. The number of likely N-dealkylation sites (N-methyl/N-ethyl adjacent to an activating group) is 1. The number of hydrogen-bond acceptors (Lipinski definition) is 8. The van der Waals surface area contributed by atoms with Crippen molar-refractivity contribution in [3.8, 4) is 5.75 Å². The van der Waals surface area contributed by atoms with Crippen LogP contribution in [0, 0.1) is 12.8 Å². The first-order valence-electron chi connectivity index (χ1n) is 15.5. The zero-order chi connectivity index (χ0) is 29.2. The summed E-state index contributed by atoms with van der Waals surface area (Å²) in [5.41, 5.74) is 3.21. The fourth-order valence-electron chi connectivity index (χ4n) is 6.81. The van der Waals surface area contributed by atoms with E-state index in [4.69, 9.17) is 9.72 Å². The monoisotopic (exact) mass is 573 g/mol. The van der Waals surface area contributed by atoms with Crippen LogP contribution in [-0.2, 0) is 4.79 Å². The summed E-state index contributed by atoms with van der Waals surface area (Å²) >= 11 is 0. The van der Waals surface area contributed by atoms with E-state index in [1.807, 2.05) is 23.6 Å². The van der Waals surface area contributed by atoms with Crippen molar-refractivity contribution < 1.29 is 9.53 Å². The maximum atomic E-state index is 13.5. The Balaban J connectivity index is 1.21. The van der Waals surface area contributed by atoms with Crippen molar-refractivity contribution in [2.24, 2.45) is 5.92 Å². The molecule has 2 aliphatic carbocycles. The number of aryl methyl sites for hydroxylation is 1. The highest BCUT2D eigenvalue weighted by Gasteiger charge is 2.29. The molecular formula is C32H43N7O3. The fraction of sp³-hybridized carbons (Fsp3) is 0.562. The van der Waals surface area contributed by atoms with Crippen LogP contribution in [0.25, 0.3) is 11.0 Å². The molecule has 10 heteroatoms. The lowest BCUT2D eigenvalue weighted by Gasteiger charge is -2.34. The van der Waals surface area contributed by atoms with E-state index in [0.717, 1.165) is 100 Å². The van der Waals surface area contributed by atoms with Gasteiger partial charge in [-0.1, -0.05) is 12.8 Å². The van der Waals surface area contributed by atoms with Crippen LogP contribution in [0.5, 0.6) is 5.75 Å². The number of anilines is 3. The molecule has 1 amide bonds. The highest BCUT2D eigenvalue weighted by molar-refractivity contribution is 5.79. The predicted molar refractivity (Wildman–Crippen MR) is 166 cm³/mol. The molecule has 0 bridgehead atoms. The molecule has 3 heterocycles. The number of carbonyl (C=O) groups is 1. The molecule has 0 spiro atoms. The largest absolute Gasteiger partial charge is 0.494 e. The molecule has 0 atom stereocenters. The Kier molecular flexibility index (Phi) is 8.33. The quantitative estimate of drug-likeness (QED) is 0.429. The van der Waals surface area contributed by atoms with E-state index in [0.29, 0.717) is 17.2 Å². The lowest BCUT2D eigenvalue weighted by molar-refractivity contribution is -0.125. The van der Waals surface area contributed by atoms with E-state index >= 15 is 0 Å². The molecule has 0 unspecified atom stereocenters. The van der Waals surface area contributed by atoms with Crippen molar-refractivity contribution in [2.45, 2.75) is 70.4 Å². The number of benzene rings is 1. The number of ether oxygens (including phenoxy) is 1. The van der Waals surface area contributed by atoms with Gasteiger partial charge >= 0.3 is 0 Å². The van der Waals surface area contributed by atoms with E-state index in [-0.39, 0.29) is 29.5 Å². The minimum atomic E-state index is -0.0142. The SMILES string of the molecule is COc1cc(N2CCN(C)CC2)ccc1Nc1ncc2cc(C)c(=O)n(C3CCC(NC(=O)C4CCCC4)CC3)c2n1. The number of piperazine rings is 1. The topological polar surface area (TPSA) is 105 Å². The summed E-state index contributed by atoms with van der Waals surface area (Å²) in [6, 6.07) is 8.23. The van der Waals surface area contributed by atoms with E-state index in [9.17, 15) is 9.59 Å². The van der Waals surface area contributed by atoms with Gasteiger partial charge in [0.05, 0.1) is 12.8 Å². The Bertz CT molecular complexity index is 1480. The summed E-state index contributed by atoms with van der Waals surface area (Å²) in [4.78, 5) is 40.3. The Morgan fingerprint density at radius 3 is 2.45 bits per heavy atom. The Morgan fingerprint density at radius 1 is 1.00 bits per heavy atom. The molecule has 224 valence electrons. The molecule has 42 heavy (non-hydrogen) atoms. The standard InChI is InChI=1S/C32H43N7O3/c1-21-18-23-20-33-32(35-27-13-12-26(19-28(27)42-3)38-16-14-37(2)15-17-38)36-29(23)39(31(21)41)25-10-8-24(9-11-25)34-30(40)22-6-4-5-7-22/h12-13,18-20,22,24-25H,4-11,14-17H2,1-3H3,(H,34,40)(H,33,35,36). The summed E-state index contributed by atoms with van der Waals surface area (Å²) in [5.74, 6) is 1.52. The van der Waals surface area contributed by atoms with Crippen molar-refractivity contribution >= 4 is 34.3 Å². The second-order valence-electron chi connectivity index (χ2n) is 12.3. The molecule has 6 rings (SSSR count). The first-order valence-corrected chi connectivity index (χ1v) is 15.5. The van der Waals surface area contributed by atoms with Gasteiger partial charge in [0.2, 0.25) is 11.9 Å². The Morgan fingerprint density at radius 2 is 1.74 bits per heavy atom. The second kappa shape index (κ2) is 12.3. The minimum Gasteiger partial charge on any atom is -0.494 e. The van der Waals surface area contributed by atoms with Crippen molar-refractivity contribution in [1.82, 2.24) is 24.8 Å². The zero-order valence-electron chi connectivity index (χ0n) is 25.1. The number of hydrogen-bond donors (Lipinski definition) is 2. The summed E-state index contributed by atoms with van der Waals surface area (Å²) in [6.07, 6.45) is 9.47. The third kappa shape index (κ3) is 5.95. The Labute approximate surface area is 247 Å². The molecule has 3 aromatic rings. The van der Waals surface area contributed by atoms with Gasteiger partial charge in [-0.3, -0.25) is 14.2 Å². The molecule has 2 saturated carbocycles. The van der Waals surface area contributed by atoms with Gasteiger partial charge in [0.15, 0.2) is 0 Å². The summed E-state index contributed by atoms with van der Waals surface area (Å²) in [5, 5.41) is 7.47. The third-order valence-electron chi connectivity index (χ3n) is 9.39. The van der Waals surface area contributed by atoms with Crippen LogP contribution in [0.15, 0.2) is 35.3 Å². The molecule has 1 aromatic carbocycles. The van der Waals surface area contributed by atoms with Crippen LogP contribution in [0.4, 0.5) is 17.3 Å². The van der Waals surface area contributed by atoms with E-state index < -0.39 is 0 Å². The number of nitrogens with zero attached hydrogens (tertiary/aromatic N) is 5. The highest BCUT2D eigenvalue weighted by Crippen LogP contribution is 2.34. The van der Waals surface area contributed by atoms with Crippen LogP contribution >= 0.6 is 0 Å². The second-order valence-corrected chi connectivity index (χ2v) is 12.3. The minimum absolute atomic E-state index is 0.0142. The molecule has 1 aliphatic heterocycles. The number of amides is 1. The molecule has 2 N–H and O–H groups in total. The zero-order valence-corrected chi connectivity index (χ0v) is 25.1. The maximum absolute atomic E-state index is 13.5. The van der Waals surface area contributed by atoms with E-state index in [2.05, 4.69) is 44.6 Å². The van der Waals surface area contributed by atoms with Gasteiger partial charge in [-0.15, -0.1) is 0 Å². The Hall–Kier alpha value is -3.66. The first kappa shape index (κ1) is 28.5. The van der Waals surface area contributed by atoms with Crippen molar-refractivity contribution in [3.05, 3.63) is 46.4 Å². The molecule has 1 saturated heterocycles. The van der Waals surface area contributed by atoms with Crippen molar-refractivity contribution in [3.63, 3.8) is 0 Å². The van der Waals surface area contributed by atoms with Crippen LogP contribution in [0.2, 0.25) is 0 Å². The van der Waals surface area contributed by atoms with Crippen molar-refractivity contribution in [1.29, 1.82) is 0 Å². The number of rotatable bonds is 7. The predicted octanol–water partition coefficient (Wildman–Crippen LogP) is 4.39. The van der Waals surface area contributed by atoms with Gasteiger partial charge < -0.3 is 25.2 Å². The molecule has 10 nitrogen and oxygen atoms in total. The number of aromatic nitrogens is 3. The van der Waals surface area contributed by atoms with Crippen LogP contribution in [0.1, 0.15) is 63.0 Å². The smallest absolute Gasteiger partial charge is 0.255 e. The number of fused-ring (bicyclic) bond motifs is 1. The molecule has 3 fully saturated rings. The lowest BCUT2D eigenvalue weighted by Crippen LogP contribution is -2.44. The lowest BCUT2D eigenvalue weighted by atomic mass is 9.90. The van der Waals surface area contributed by atoms with Crippen LogP contribution < -0.4 is 25.8 Å². The molecule has 2 aromatic heterocycles. The number of pyridine rings is 1. The van der Waals surface area contributed by atoms with E-state index in [1.54, 1.807) is 13.3 Å². The normalized spacial score (nSPS) is 21.9. The van der Waals surface area contributed by atoms with Gasteiger partial charge in [-0.05, 0) is 70.7 Å². The third-order valence-corrected chi connectivity index (χ3v) is 9.39. The van der Waals surface area contributed by atoms with Gasteiger partial charge in [-0.2, -0.15) is 4.98 Å². The first-order chi connectivity index (χ1) is 20.4. The van der Waals surface area contributed by atoms with Gasteiger partial charge in [0.25, 0.3) is 5.56 Å².